The molecule has 0 aliphatic heterocycles. The summed E-state index contributed by atoms with van der Waals surface area (Å²) in [7, 11) is 1.26. The molecule has 1 unspecified atom stereocenters. The van der Waals surface area contributed by atoms with E-state index in [0.29, 0.717) is 0 Å². The molecule has 112 valence electrons. The molecule has 0 heterocycles. The highest BCUT2D eigenvalue weighted by molar-refractivity contribution is 9.09. The topological polar surface area (TPSA) is 9.23 Å². The molecule has 0 bridgehead atoms. The fraction of sp³-hybridized carbons (Fsp3) is 0.200. The average molecular weight is 363 g/mol. The van der Waals surface area contributed by atoms with Crippen LogP contribution in [0, 0.1) is 30.2 Å². The molecule has 2 rings (SSSR count). The molecule has 0 spiro atoms. The minimum absolute atomic E-state index is 0.0152. The highest BCUT2D eigenvalue weighted by Gasteiger charge is 2.26. The van der Waals surface area contributed by atoms with Crippen molar-refractivity contribution in [2.24, 2.45) is 0 Å². The predicted octanol–water partition coefficient (Wildman–Crippen LogP) is 5.04. The fourth-order valence-electron chi connectivity index (χ4n) is 1.98. The Kier molecular flexibility index (Phi) is 4.56. The zero-order valence-electron chi connectivity index (χ0n) is 11.2. The van der Waals surface area contributed by atoms with Gasteiger partial charge in [0.25, 0.3) is 0 Å². The van der Waals surface area contributed by atoms with E-state index in [4.69, 9.17) is 4.74 Å². The third-order valence-corrected chi connectivity index (χ3v) is 4.03. The fourth-order valence-corrected chi connectivity index (χ4v) is 2.83. The van der Waals surface area contributed by atoms with E-state index in [9.17, 15) is 17.6 Å². The molecule has 0 saturated carbocycles. The molecule has 6 heteroatoms. The summed E-state index contributed by atoms with van der Waals surface area (Å²) < 4.78 is 60.6. The van der Waals surface area contributed by atoms with Crippen molar-refractivity contribution in [2.75, 3.05) is 7.11 Å². The van der Waals surface area contributed by atoms with Crippen molar-refractivity contribution in [3.05, 3.63) is 64.2 Å². The molecule has 1 nitrogen and oxygen atoms in total. The Labute approximate surface area is 127 Å². The lowest BCUT2D eigenvalue weighted by Crippen LogP contribution is -2.07. The second kappa shape index (κ2) is 6.05. The van der Waals surface area contributed by atoms with Gasteiger partial charge in [-0.05, 0) is 18.6 Å². The zero-order chi connectivity index (χ0) is 15.7. The summed E-state index contributed by atoms with van der Waals surface area (Å²) in [5.41, 5.74) is -0.720. The second-order valence-corrected chi connectivity index (χ2v) is 5.37. The van der Waals surface area contributed by atoms with E-state index in [1.54, 1.807) is 0 Å². The van der Waals surface area contributed by atoms with E-state index in [1.807, 2.05) is 0 Å². The molecule has 0 N–H and O–H groups in total. The molecule has 0 aromatic heterocycles. The lowest BCUT2D eigenvalue weighted by molar-refractivity contribution is 0.405. The van der Waals surface area contributed by atoms with Gasteiger partial charge in [-0.15, -0.1) is 0 Å². The molecule has 2 aromatic carbocycles. The number of rotatable bonds is 3. The Morgan fingerprint density at radius 2 is 1.52 bits per heavy atom. The molecular formula is C15H11BrF4O. The van der Waals surface area contributed by atoms with Gasteiger partial charge in [-0.3, -0.25) is 0 Å². The molecule has 21 heavy (non-hydrogen) atoms. The summed E-state index contributed by atoms with van der Waals surface area (Å²) in [5.74, 6) is -3.64. The Bertz CT molecular complexity index is 665. The Balaban J connectivity index is 2.61. The van der Waals surface area contributed by atoms with Gasteiger partial charge in [0.15, 0.2) is 0 Å². The van der Waals surface area contributed by atoms with Crippen molar-refractivity contribution in [2.45, 2.75) is 11.8 Å². The van der Waals surface area contributed by atoms with Gasteiger partial charge in [-0.1, -0.05) is 22.0 Å². The SMILES string of the molecule is COc1cc(F)c(C(Br)c2c(F)ccc(C)c2F)c(F)c1. The van der Waals surface area contributed by atoms with Gasteiger partial charge in [-0.2, -0.15) is 0 Å². The number of methoxy groups -OCH3 is 1. The highest BCUT2D eigenvalue weighted by Crippen LogP contribution is 2.38. The largest absolute Gasteiger partial charge is 0.497 e. The van der Waals surface area contributed by atoms with Crippen LogP contribution in [0.1, 0.15) is 21.5 Å². The summed E-state index contributed by atoms with van der Waals surface area (Å²) in [5, 5.41) is 0. The van der Waals surface area contributed by atoms with Crippen molar-refractivity contribution in [3.8, 4) is 5.75 Å². The predicted molar refractivity (Wildman–Crippen MR) is 74.8 cm³/mol. The summed E-state index contributed by atoms with van der Waals surface area (Å²) in [6, 6.07) is 4.23. The van der Waals surface area contributed by atoms with Crippen LogP contribution in [0.4, 0.5) is 17.6 Å². The van der Waals surface area contributed by atoms with Crippen molar-refractivity contribution < 1.29 is 22.3 Å². The first-order valence-corrected chi connectivity index (χ1v) is 6.89. The van der Waals surface area contributed by atoms with Crippen LogP contribution in [0.5, 0.6) is 5.75 Å². The van der Waals surface area contributed by atoms with Crippen LogP contribution in [0.15, 0.2) is 24.3 Å². The Hall–Kier alpha value is -1.56. The number of ether oxygens (including phenoxy) is 1. The minimum atomic E-state index is -1.29. The summed E-state index contributed by atoms with van der Waals surface area (Å²) in [6.45, 7) is 1.44. The van der Waals surface area contributed by atoms with E-state index >= 15 is 0 Å². The number of benzene rings is 2. The van der Waals surface area contributed by atoms with Gasteiger partial charge in [0.2, 0.25) is 0 Å². The molecule has 2 aromatic rings. The van der Waals surface area contributed by atoms with Crippen molar-refractivity contribution in [1.82, 2.24) is 0 Å². The minimum Gasteiger partial charge on any atom is -0.497 e. The van der Waals surface area contributed by atoms with Crippen molar-refractivity contribution in [1.29, 1.82) is 0 Å². The van der Waals surface area contributed by atoms with Gasteiger partial charge in [0.05, 0.1) is 11.9 Å². The van der Waals surface area contributed by atoms with Crippen LogP contribution < -0.4 is 4.74 Å². The number of hydrogen-bond donors (Lipinski definition) is 0. The lowest BCUT2D eigenvalue weighted by Gasteiger charge is -2.16. The van der Waals surface area contributed by atoms with Crippen LogP contribution in [-0.2, 0) is 0 Å². The van der Waals surface area contributed by atoms with Crippen LogP contribution >= 0.6 is 15.9 Å². The van der Waals surface area contributed by atoms with Gasteiger partial charge in [0, 0.05) is 23.3 Å². The van der Waals surface area contributed by atoms with Crippen LogP contribution in [-0.4, -0.2) is 7.11 Å². The summed E-state index contributed by atoms with van der Waals surface area (Å²) in [6.07, 6.45) is 0. The average Bonchev–Trinajstić information content (AvgIpc) is 2.42. The smallest absolute Gasteiger partial charge is 0.134 e. The number of hydrogen-bond acceptors (Lipinski definition) is 1. The summed E-state index contributed by atoms with van der Waals surface area (Å²) in [4.78, 5) is -1.29. The van der Waals surface area contributed by atoms with Gasteiger partial charge in [-0.25, -0.2) is 17.6 Å². The van der Waals surface area contributed by atoms with E-state index in [2.05, 4.69) is 15.9 Å². The molecule has 0 fully saturated rings. The second-order valence-electron chi connectivity index (χ2n) is 4.46. The van der Waals surface area contributed by atoms with Gasteiger partial charge >= 0.3 is 0 Å². The molecule has 0 saturated heterocycles. The van der Waals surface area contributed by atoms with E-state index < -0.39 is 39.2 Å². The van der Waals surface area contributed by atoms with Crippen LogP contribution in [0.25, 0.3) is 0 Å². The quantitative estimate of drug-likeness (QED) is 0.548. The third kappa shape index (κ3) is 2.90. The monoisotopic (exact) mass is 362 g/mol. The first-order chi connectivity index (χ1) is 9.86. The summed E-state index contributed by atoms with van der Waals surface area (Å²) >= 11 is 2.98. The number of aryl methyl sites for hydroxylation is 1. The first-order valence-electron chi connectivity index (χ1n) is 5.98. The molecule has 0 radical (unpaired) electrons. The Morgan fingerprint density at radius 1 is 0.952 bits per heavy atom. The van der Waals surface area contributed by atoms with Crippen molar-refractivity contribution >= 4 is 15.9 Å². The third-order valence-electron chi connectivity index (χ3n) is 3.11. The Morgan fingerprint density at radius 3 is 2.05 bits per heavy atom. The maximum atomic E-state index is 14.1. The van der Waals surface area contributed by atoms with Gasteiger partial charge < -0.3 is 4.74 Å². The normalized spacial score (nSPS) is 12.3. The van der Waals surface area contributed by atoms with Crippen molar-refractivity contribution in [3.63, 3.8) is 0 Å². The number of halogens is 5. The lowest BCUT2D eigenvalue weighted by atomic mass is 10.0. The van der Waals surface area contributed by atoms with E-state index in [-0.39, 0.29) is 11.3 Å². The molecular weight excluding hydrogens is 352 g/mol. The maximum Gasteiger partial charge on any atom is 0.134 e. The highest BCUT2D eigenvalue weighted by atomic mass is 79.9. The van der Waals surface area contributed by atoms with E-state index in [1.165, 1.54) is 20.1 Å². The zero-order valence-corrected chi connectivity index (χ0v) is 12.8. The standard InChI is InChI=1S/C15H11BrF4O/c1-7-3-4-9(17)13(15(7)20)14(16)12-10(18)5-8(21-2)6-11(12)19/h3-6,14H,1-2H3. The molecule has 0 aliphatic rings. The van der Waals surface area contributed by atoms with E-state index in [0.717, 1.165) is 18.2 Å². The van der Waals surface area contributed by atoms with Gasteiger partial charge in [0.1, 0.15) is 29.0 Å². The first kappa shape index (κ1) is 15.8. The maximum absolute atomic E-state index is 14.1. The van der Waals surface area contributed by atoms with Crippen LogP contribution in [0.2, 0.25) is 0 Å². The molecule has 0 aliphatic carbocycles. The molecule has 0 amide bonds. The molecule has 1 atom stereocenters. The van der Waals surface area contributed by atoms with Crippen LogP contribution in [0.3, 0.4) is 0 Å². The number of alkyl halides is 1.